The highest BCUT2D eigenvalue weighted by Crippen LogP contribution is 2.27. The smallest absolute Gasteiger partial charge is 0.240 e. The van der Waals surface area contributed by atoms with Crippen molar-refractivity contribution in [2.75, 3.05) is 13.7 Å². The van der Waals surface area contributed by atoms with Crippen molar-refractivity contribution in [2.24, 2.45) is 0 Å². The van der Waals surface area contributed by atoms with Crippen LogP contribution < -0.4 is 9.46 Å². The number of rotatable bonds is 5. The zero-order valence-corrected chi connectivity index (χ0v) is 12.6. The van der Waals surface area contributed by atoms with E-state index in [1.165, 1.54) is 19.2 Å². The van der Waals surface area contributed by atoms with Crippen LogP contribution in [0.5, 0.6) is 5.75 Å². The Balaban J connectivity index is 2.84. The summed E-state index contributed by atoms with van der Waals surface area (Å²) in [6.45, 7) is 2.02. The Labute approximate surface area is 116 Å². The van der Waals surface area contributed by atoms with Gasteiger partial charge in [0.05, 0.1) is 16.5 Å². The van der Waals surface area contributed by atoms with Crippen molar-refractivity contribution in [3.05, 3.63) is 22.7 Å². The van der Waals surface area contributed by atoms with Gasteiger partial charge in [-0.1, -0.05) is 0 Å². The number of methoxy groups -OCH3 is 1. The van der Waals surface area contributed by atoms with Gasteiger partial charge in [0.2, 0.25) is 10.0 Å². The van der Waals surface area contributed by atoms with Gasteiger partial charge in [0.25, 0.3) is 0 Å². The van der Waals surface area contributed by atoms with Crippen LogP contribution in [0.4, 0.5) is 0 Å². The zero-order valence-electron chi connectivity index (χ0n) is 10.2. The standard InChI is InChI=1S/C12H14BrNO3S/c1-3-4-5-8-14-18(15,16)10-6-7-12(17-2)11(13)9-10/h6-7,9,14H,5,8H2,1-2H3. The third-order valence-corrected chi connectivity index (χ3v) is 4.23. The van der Waals surface area contributed by atoms with Crippen molar-refractivity contribution in [3.8, 4) is 17.6 Å². The molecule has 0 saturated carbocycles. The second-order valence-electron chi connectivity index (χ2n) is 3.37. The number of hydrogen-bond donors (Lipinski definition) is 1. The van der Waals surface area contributed by atoms with E-state index < -0.39 is 10.0 Å². The minimum absolute atomic E-state index is 0.194. The highest BCUT2D eigenvalue weighted by molar-refractivity contribution is 9.10. The number of hydrogen-bond acceptors (Lipinski definition) is 3. The SMILES string of the molecule is CC#CCCNS(=O)(=O)c1ccc(OC)c(Br)c1. The van der Waals surface area contributed by atoms with Crippen LogP contribution in [0.3, 0.4) is 0 Å². The van der Waals surface area contributed by atoms with Gasteiger partial charge in [-0.2, -0.15) is 0 Å². The van der Waals surface area contributed by atoms with Gasteiger partial charge in [-0.05, 0) is 41.1 Å². The Morgan fingerprint density at radius 3 is 2.72 bits per heavy atom. The maximum absolute atomic E-state index is 11.9. The van der Waals surface area contributed by atoms with E-state index in [1.54, 1.807) is 13.0 Å². The molecule has 1 N–H and O–H groups in total. The second-order valence-corrected chi connectivity index (χ2v) is 5.99. The summed E-state index contributed by atoms with van der Waals surface area (Å²) >= 11 is 3.25. The molecule has 1 rings (SSSR count). The molecule has 0 aliphatic carbocycles. The van der Waals surface area contributed by atoms with Gasteiger partial charge in [0, 0.05) is 13.0 Å². The molecule has 18 heavy (non-hydrogen) atoms. The molecule has 0 radical (unpaired) electrons. The summed E-state index contributed by atoms with van der Waals surface area (Å²) in [7, 11) is -1.97. The van der Waals surface area contributed by atoms with Crippen LogP contribution in [-0.2, 0) is 10.0 Å². The van der Waals surface area contributed by atoms with Crippen LogP contribution in [0.2, 0.25) is 0 Å². The summed E-state index contributed by atoms with van der Waals surface area (Å²) in [5, 5.41) is 0. The summed E-state index contributed by atoms with van der Waals surface area (Å²) in [5.41, 5.74) is 0. The van der Waals surface area contributed by atoms with Crippen molar-refractivity contribution < 1.29 is 13.2 Å². The molecule has 0 aliphatic rings. The van der Waals surface area contributed by atoms with Crippen LogP contribution in [0, 0.1) is 11.8 Å². The molecule has 98 valence electrons. The van der Waals surface area contributed by atoms with Gasteiger partial charge in [-0.3, -0.25) is 0 Å². The highest BCUT2D eigenvalue weighted by Gasteiger charge is 2.14. The first-order chi connectivity index (χ1) is 8.51. The summed E-state index contributed by atoms with van der Waals surface area (Å²) < 4.78 is 32.0. The summed E-state index contributed by atoms with van der Waals surface area (Å²) in [5.74, 6) is 6.09. The van der Waals surface area contributed by atoms with Crippen molar-refractivity contribution in [2.45, 2.75) is 18.2 Å². The average Bonchev–Trinajstić information content (AvgIpc) is 2.34. The molecule has 1 aromatic carbocycles. The van der Waals surface area contributed by atoms with E-state index in [4.69, 9.17) is 4.74 Å². The lowest BCUT2D eigenvalue weighted by Gasteiger charge is -2.08. The Morgan fingerprint density at radius 1 is 1.44 bits per heavy atom. The lowest BCUT2D eigenvalue weighted by molar-refractivity contribution is 0.411. The van der Waals surface area contributed by atoms with Crippen molar-refractivity contribution in [1.82, 2.24) is 4.72 Å². The molecule has 0 atom stereocenters. The van der Waals surface area contributed by atoms with E-state index in [9.17, 15) is 8.42 Å². The molecule has 0 fully saturated rings. The first-order valence-electron chi connectivity index (χ1n) is 5.24. The minimum Gasteiger partial charge on any atom is -0.496 e. The maximum atomic E-state index is 11.9. The Kier molecular flexibility index (Phi) is 5.66. The Morgan fingerprint density at radius 2 is 2.17 bits per heavy atom. The summed E-state index contributed by atoms with van der Waals surface area (Å²) in [6.07, 6.45) is 0.493. The molecule has 0 amide bonds. The maximum Gasteiger partial charge on any atom is 0.240 e. The van der Waals surface area contributed by atoms with Gasteiger partial charge in [-0.25, -0.2) is 13.1 Å². The first-order valence-corrected chi connectivity index (χ1v) is 7.51. The molecule has 0 saturated heterocycles. The van der Waals surface area contributed by atoms with E-state index in [0.29, 0.717) is 23.2 Å². The molecule has 6 heteroatoms. The van der Waals surface area contributed by atoms with Crippen LogP contribution in [0.15, 0.2) is 27.6 Å². The van der Waals surface area contributed by atoms with Crippen LogP contribution in [0.1, 0.15) is 13.3 Å². The molecule has 0 bridgehead atoms. The molecular formula is C12H14BrNO3S. The van der Waals surface area contributed by atoms with Gasteiger partial charge in [0.15, 0.2) is 0 Å². The fourth-order valence-corrected chi connectivity index (χ4v) is 3.02. The Hall–Kier alpha value is -1.03. The monoisotopic (exact) mass is 331 g/mol. The number of benzene rings is 1. The predicted octanol–water partition coefficient (Wildman–Crippen LogP) is 2.15. The predicted molar refractivity (Wildman–Crippen MR) is 73.9 cm³/mol. The fraction of sp³-hybridized carbons (Fsp3) is 0.333. The van der Waals surface area contributed by atoms with Crippen molar-refractivity contribution in [3.63, 3.8) is 0 Å². The molecule has 0 heterocycles. The highest BCUT2D eigenvalue weighted by atomic mass is 79.9. The Bertz CT molecular complexity index is 573. The molecule has 1 aromatic rings. The molecule has 4 nitrogen and oxygen atoms in total. The lowest BCUT2D eigenvalue weighted by Crippen LogP contribution is -2.24. The van der Waals surface area contributed by atoms with Crippen LogP contribution in [-0.4, -0.2) is 22.1 Å². The molecular weight excluding hydrogens is 318 g/mol. The first kappa shape index (κ1) is 15.0. The van der Waals surface area contributed by atoms with E-state index in [1.807, 2.05) is 0 Å². The molecule has 0 aromatic heterocycles. The topological polar surface area (TPSA) is 55.4 Å². The van der Waals surface area contributed by atoms with Gasteiger partial charge < -0.3 is 4.74 Å². The largest absolute Gasteiger partial charge is 0.496 e. The number of halogens is 1. The molecule has 0 aliphatic heterocycles. The van der Waals surface area contributed by atoms with Gasteiger partial charge >= 0.3 is 0 Å². The summed E-state index contributed by atoms with van der Waals surface area (Å²) in [6, 6.07) is 4.61. The normalized spacial score (nSPS) is 10.6. The second kappa shape index (κ2) is 6.78. The third-order valence-electron chi connectivity index (χ3n) is 2.15. The van der Waals surface area contributed by atoms with Crippen molar-refractivity contribution in [1.29, 1.82) is 0 Å². The third kappa shape index (κ3) is 4.02. The van der Waals surface area contributed by atoms with E-state index >= 15 is 0 Å². The fourth-order valence-electron chi connectivity index (χ4n) is 1.27. The zero-order chi connectivity index (χ0) is 13.6. The average molecular weight is 332 g/mol. The van der Waals surface area contributed by atoms with E-state index in [0.717, 1.165) is 0 Å². The van der Waals surface area contributed by atoms with E-state index in [-0.39, 0.29) is 4.90 Å². The van der Waals surface area contributed by atoms with Crippen molar-refractivity contribution >= 4 is 26.0 Å². The molecule has 0 unspecified atom stereocenters. The van der Waals surface area contributed by atoms with Crippen LogP contribution in [0.25, 0.3) is 0 Å². The lowest BCUT2D eigenvalue weighted by atomic mass is 10.3. The number of nitrogens with one attached hydrogen (secondary N) is 1. The van der Waals surface area contributed by atoms with Gasteiger partial charge in [-0.15, -0.1) is 11.8 Å². The summed E-state index contributed by atoms with van der Waals surface area (Å²) in [4.78, 5) is 0.194. The number of sulfonamides is 1. The van der Waals surface area contributed by atoms with Crippen LogP contribution >= 0.6 is 15.9 Å². The van der Waals surface area contributed by atoms with Gasteiger partial charge in [0.1, 0.15) is 5.75 Å². The quantitative estimate of drug-likeness (QED) is 0.664. The van der Waals surface area contributed by atoms with E-state index in [2.05, 4.69) is 32.5 Å². The molecule has 0 spiro atoms. The number of ether oxygens (including phenoxy) is 1. The minimum atomic E-state index is -3.49.